The Bertz CT molecular complexity index is 2350. The van der Waals surface area contributed by atoms with Gasteiger partial charge in [0.1, 0.15) is 17.2 Å². The van der Waals surface area contributed by atoms with Gasteiger partial charge in [-0.15, -0.1) is 0 Å². The van der Waals surface area contributed by atoms with E-state index in [4.69, 9.17) is 14.4 Å². The van der Waals surface area contributed by atoms with Crippen molar-refractivity contribution in [2.45, 2.75) is 33.1 Å². The highest BCUT2D eigenvalue weighted by Crippen LogP contribution is 2.41. The maximum atomic E-state index is 14.8. The maximum absolute atomic E-state index is 14.8. The number of hydrogen-bond donors (Lipinski definition) is 0. The first-order valence-corrected chi connectivity index (χ1v) is 14.2. The summed E-state index contributed by atoms with van der Waals surface area (Å²) in [4.78, 5) is 10.0. The highest BCUT2D eigenvalue weighted by Gasteiger charge is 2.23. The number of rotatable bonds is 2. The number of halogens is 1. The zero-order valence-electron chi connectivity index (χ0n) is 23.9. The van der Waals surface area contributed by atoms with Crippen LogP contribution in [-0.4, -0.2) is 14.5 Å². The number of fused-ring (bicyclic) bond motifs is 7. The van der Waals surface area contributed by atoms with Crippen LogP contribution in [0.15, 0.2) is 101 Å². The van der Waals surface area contributed by atoms with E-state index >= 15 is 0 Å². The third kappa shape index (κ3) is 3.59. The smallest absolute Gasteiger partial charge is 0.227 e. The molecule has 0 aliphatic rings. The monoisotopic (exact) mass is 549 g/mol. The van der Waals surface area contributed by atoms with E-state index in [0.717, 1.165) is 55.2 Å². The van der Waals surface area contributed by atoms with Gasteiger partial charge in [-0.25, -0.2) is 14.4 Å². The highest BCUT2D eigenvalue weighted by atomic mass is 19.1. The summed E-state index contributed by atoms with van der Waals surface area (Å²) >= 11 is 0. The third-order valence-corrected chi connectivity index (χ3v) is 8.39. The van der Waals surface area contributed by atoms with Gasteiger partial charge in [-0.05, 0) is 71.3 Å². The van der Waals surface area contributed by atoms with E-state index in [0.29, 0.717) is 22.2 Å². The Hall–Kier alpha value is -5.03. The van der Waals surface area contributed by atoms with Crippen LogP contribution in [0.4, 0.5) is 4.39 Å². The van der Waals surface area contributed by atoms with Crippen molar-refractivity contribution in [3.8, 4) is 17.1 Å². The molecule has 0 aliphatic heterocycles. The molecular formula is C37H28FN3O. The Kier molecular flexibility index (Phi) is 5.14. The Morgan fingerprint density at radius 1 is 0.762 bits per heavy atom. The van der Waals surface area contributed by atoms with Crippen LogP contribution in [0.5, 0.6) is 0 Å². The number of aryl methyl sites for hydroxylation is 1. The Balaban J connectivity index is 1.47. The van der Waals surface area contributed by atoms with Gasteiger partial charge in [0.25, 0.3) is 0 Å². The number of pyridine rings is 1. The molecule has 0 saturated carbocycles. The fraction of sp³-hybridized carbons (Fsp3) is 0.135. The van der Waals surface area contributed by atoms with E-state index in [1.54, 1.807) is 6.07 Å². The quantitative estimate of drug-likeness (QED) is 0.215. The lowest BCUT2D eigenvalue weighted by Crippen LogP contribution is -2.11. The lowest BCUT2D eigenvalue weighted by molar-refractivity contribution is 0.590. The standard InChI is InChI=1S/C37H28FN3O/c1-21-12-18-26(34-32(21)28-20-27-29(38)10-7-11-30(27)39-36(28)42-34)35-40-33-25-9-6-5-8-22(25)13-19-31(33)41(35)24-16-14-23(15-17-24)37(2,3)4/h5-20H,1-4H3. The lowest BCUT2D eigenvalue weighted by Gasteiger charge is -2.19. The first-order valence-electron chi connectivity index (χ1n) is 14.2. The highest BCUT2D eigenvalue weighted by molar-refractivity contribution is 6.13. The van der Waals surface area contributed by atoms with Gasteiger partial charge in [-0.2, -0.15) is 0 Å². The van der Waals surface area contributed by atoms with Gasteiger partial charge in [0, 0.05) is 27.2 Å². The van der Waals surface area contributed by atoms with Gasteiger partial charge in [-0.1, -0.05) is 75.4 Å². The molecule has 8 rings (SSSR count). The maximum Gasteiger partial charge on any atom is 0.227 e. The number of nitrogens with zero attached hydrogens (tertiary/aromatic N) is 3. The van der Waals surface area contributed by atoms with Crippen LogP contribution in [-0.2, 0) is 5.41 Å². The summed E-state index contributed by atoms with van der Waals surface area (Å²) in [5.74, 6) is 0.488. The van der Waals surface area contributed by atoms with Gasteiger partial charge < -0.3 is 4.42 Å². The summed E-state index contributed by atoms with van der Waals surface area (Å²) in [6, 6.07) is 32.3. The third-order valence-electron chi connectivity index (χ3n) is 8.39. The second kappa shape index (κ2) is 8.73. The molecule has 0 spiro atoms. The zero-order valence-corrected chi connectivity index (χ0v) is 23.9. The van der Waals surface area contributed by atoms with Crippen LogP contribution in [0.25, 0.3) is 71.9 Å². The minimum absolute atomic E-state index is 0.0436. The number of hydrogen-bond acceptors (Lipinski definition) is 3. The van der Waals surface area contributed by atoms with Gasteiger partial charge in [0.15, 0.2) is 0 Å². The molecule has 0 unspecified atom stereocenters. The van der Waals surface area contributed by atoms with Crippen molar-refractivity contribution in [2.24, 2.45) is 0 Å². The molecule has 0 saturated heterocycles. The minimum Gasteiger partial charge on any atom is -0.437 e. The van der Waals surface area contributed by atoms with Crippen molar-refractivity contribution in [3.05, 3.63) is 114 Å². The second-order valence-electron chi connectivity index (χ2n) is 12.1. The molecule has 0 bridgehead atoms. The second-order valence-corrected chi connectivity index (χ2v) is 12.1. The van der Waals surface area contributed by atoms with E-state index in [1.807, 2.05) is 19.1 Å². The van der Waals surface area contributed by atoms with Gasteiger partial charge in [0.05, 0.1) is 22.1 Å². The molecule has 0 radical (unpaired) electrons. The van der Waals surface area contributed by atoms with Crippen LogP contribution < -0.4 is 0 Å². The van der Waals surface area contributed by atoms with Crippen LogP contribution in [0.3, 0.4) is 0 Å². The molecule has 5 aromatic carbocycles. The molecule has 204 valence electrons. The summed E-state index contributed by atoms with van der Waals surface area (Å²) in [6.45, 7) is 8.72. The lowest BCUT2D eigenvalue weighted by atomic mass is 9.87. The minimum atomic E-state index is -0.294. The molecule has 8 aromatic rings. The van der Waals surface area contributed by atoms with E-state index < -0.39 is 0 Å². The molecule has 4 nitrogen and oxygen atoms in total. The molecule has 0 amide bonds. The molecule has 3 heterocycles. The predicted molar refractivity (Wildman–Crippen MR) is 170 cm³/mol. The summed E-state index contributed by atoms with van der Waals surface area (Å²) in [6.07, 6.45) is 0. The van der Waals surface area contributed by atoms with E-state index in [1.165, 1.54) is 11.6 Å². The van der Waals surface area contributed by atoms with Gasteiger partial charge >= 0.3 is 0 Å². The summed E-state index contributed by atoms with van der Waals surface area (Å²) in [7, 11) is 0. The molecule has 0 fully saturated rings. The normalized spacial score (nSPS) is 12.4. The van der Waals surface area contributed by atoms with Crippen LogP contribution in [0, 0.1) is 12.7 Å². The first-order chi connectivity index (χ1) is 20.3. The van der Waals surface area contributed by atoms with Gasteiger partial charge in [0.2, 0.25) is 5.71 Å². The zero-order chi connectivity index (χ0) is 28.7. The average Bonchev–Trinajstić information content (AvgIpc) is 3.56. The molecule has 5 heteroatoms. The van der Waals surface area contributed by atoms with Gasteiger partial charge in [-0.3, -0.25) is 4.57 Å². The molecule has 42 heavy (non-hydrogen) atoms. The Morgan fingerprint density at radius 2 is 1.57 bits per heavy atom. The number of furan rings is 1. The number of benzene rings is 5. The molecule has 3 aromatic heterocycles. The van der Waals surface area contributed by atoms with Crippen molar-refractivity contribution in [3.63, 3.8) is 0 Å². The van der Waals surface area contributed by atoms with E-state index in [2.05, 4.69) is 98.1 Å². The van der Waals surface area contributed by atoms with Crippen molar-refractivity contribution in [1.82, 2.24) is 14.5 Å². The van der Waals surface area contributed by atoms with Crippen molar-refractivity contribution < 1.29 is 8.81 Å². The Morgan fingerprint density at radius 3 is 2.38 bits per heavy atom. The predicted octanol–water partition coefficient (Wildman–Crippen LogP) is 10.0. The number of imidazole rings is 1. The number of aromatic nitrogens is 3. The summed E-state index contributed by atoms with van der Waals surface area (Å²) in [5, 5.41) is 4.43. The summed E-state index contributed by atoms with van der Waals surface area (Å²) < 4.78 is 23.5. The topological polar surface area (TPSA) is 43.9 Å². The van der Waals surface area contributed by atoms with E-state index in [-0.39, 0.29) is 11.2 Å². The molecule has 0 N–H and O–H groups in total. The van der Waals surface area contributed by atoms with Crippen LogP contribution >= 0.6 is 0 Å². The van der Waals surface area contributed by atoms with Crippen molar-refractivity contribution >= 4 is 54.8 Å². The SMILES string of the molecule is Cc1ccc(-c2nc3c4ccccc4ccc3n2-c2ccc(C(C)(C)C)cc2)c2oc3nc4cccc(F)c4cc3c12. The van der Waals surface area contributed by atoms with Crippen LogP contribution in [0.2, 0.25) is 0 Å². The van der Waals surface area contributed by atoms with Crippen LogP contribution in [0.1, 0.15) is 31.9 Å². The van der Waals surface area contributed by atoms with Crippen molar-refractivity contribution in [2.75, 3.05) is 0 Å². The summed E-state index contributed by atoms with van der Waals surface area (Å²) in [5.41, 5.74) is 7.92. The fourth-order valence-corrected chi connectivity index (χ4v) is 6.16. The Labute approximate surface area is 242 Å². The molecular weight excluding hydrogens is 521 g/mol. The largest absolute Gasteiger partial charge is 0.437 e. The first kappa shape index (κ1) is 24.7. The van der Waals surface area contributed by atoms with Crippen molar-refractivity contribution in [1.29, 1.82) is 0 Å². The molecule has 0 atom stereocenters. The van der Waals surface area contributed by atoms with E-state index in [9.17, 15) is 4.39 Å². The average molecular weight is 550 g/mol. The molecule has 0 aliphatic carbocycles. The fourth-order valence-electron chi connectivity index (χ4n) is 6.16.